The molecule has 126 valence electrons. The summed E-state index contributed by atoms with van der Waals surface area (Å²) in [4.78, 5) is 22.3. The van der Waals surface area contributed by atoms with Crippen LogP contribution in [0.4, 0.5) is 17.1 Å². The Hall–Kier alpha value is -3.33. The zero-order valence-corrected chi connectivity index (χ0v) is 13.9. The van der Waals surface area contributed by atoms with Crippen molar-refractivity contribution in [3.05, 3.63) is 63.7 Å². The lowest BCUT2D eigenvalue weighted by molar-refractivity contribution is -0.384. The molecule has 2 aromatic carbocycles. The molecule has 0 saturated carbocycles. The van der Waals surface area contributed by atoms with Gasteiger partial charge in [-0.3, -0.25) is 20.3 Å². The summed E-state index contributed by atoms with van der Waals surface area (Å²) in [5.41, 5.74) is 5.58. The van der Waals surface area contributed by atoms with Crippen LogP contribution in [-0.4, -0.2) is 21.7 Å². The van der Waals surface area contributed by atoms with Gasteiger partial charge in [0.1, 0.15) is 0 Å². The summed E-state index contributed by atoms with van der Waals surface area (Å²) in [5.74, 6) is -0.328. The number of thiocarbonyl (C=S) groups is 1. The van der Waals surface area contributed by atoms with Crippen molar-refractivity contribution >= 4 is 46.0 Å². The van der Waals surface area contributed by atoms with Gasteiger partial charge in [0.25, 0.3) is 11.6 Å². The third-order valence-electron chi connectivity index (χ3n) is 3.48. The van der Waals surface area contributed by atoms with E-state index >= 15 is 0 Å². The second-order valence-electron chi connectivity index (χ2n) is 5.34. The van der Waals surface area contributed by atoms with Gasteiger partial charge >= 0.3 is 0 Å². The molecule has 1 amide bonds. The van der Waals surface area contributed by atoms with Gasteiger partial charge in [-0.15, -0.1) is 0 Å². The van der Waals surface area contributed by atoms with Crippen LogP contribution in [0.25, 0.3) is 0 Å². The number of nitrogens with zero attached hydrogens (tertiary/aromatic N) is 2. The van der Waals surface area contributed by atoms with Gasteiger partial charge in [-0.2, -0.15) is 5.10 Å². The quantitative estimate of drug-likeness (QED) is 0.443. The van der Waals surface area contributed by atoms with Crippen LogP contribution < -0.4 is 16.1 Å². The van der Waals surface area contributed by atoms with E-state index in [1.54, 1.807) is 12.1 Å². The Kier molecular flexibility index (Phi) is 4.40. The minimum Gasteiger partial charge on any atom is -0.331 e. The van der Waals surface area contributed by atoms with E-state index in [0.717, 1.165) is 5.56 Å². The maximum absolute atomic E-state index is 12.0. The molecule has 1 aliphatic heterocycles. The highest BCUT2D eigenvalue weighted by atomic mass is 32.1. The van der Waals surface area contributed by atoms with Crippen LogP contribution in [0.15, 0.2) is 47.6 Å². The predicted octanol–water partition coefficient (Wildman–Crippen LogP) is 2.55. The Bertz CT molecular complexity index is 926. The monoisotopic (exact) mass is 355 g/mol. The van der Waals surface area contributed by atoms with E-state index < -0.39 is 4.92 Å². The van der Waals surface area contributed by atoms with Crippen LogP contribution in [0, 0.1) is 17.0 Å². The van der Waals surface area contributed by atoms with E-state index in [-0.39, 0.29) is 22.4 Å². The number of carbonyl (C=O) groups excluding carboxylic acids is 1. The average Bonchev–Trinajstić information content (AvgIpc) is 2.88. The second kappa shape index (κ2) is 6.65. The zero-order valence-electron chi connectivity index (χ0n) is 13.1. The summed E-state index contributed by atoms with van der Waals surface area (Å²) < 4.78 is 0. The maximum atomic E-state index is 12.0. The Labute approximate surface area is 148 Å². The lowest BCUT2D eigenvalue weighted by Crippen LogP contribution is -2.27. The fourth-order valence-electron chi connectivity index (χ4n) is 2.34. The van der Waals surface area contributed by atoms with E-state index in [1.807, 2.05) is 25.1 Å². The van der Waals surface area contributed by atoms with E-state index in [1.165, 1.54) is 12.1 Å². The van der Waals surface area contributed by atoms with Crippen molar-refractivity contribution < 1.29 is 9.72 Å². The van der Waals surface area contributed by atoms with E-state index in [9.17, 15) is 14.9 Å². The van der Waals surface area contributed by atoms with Crippen molar-refractivity contribution in [2.24, 2.45) is 5.10 Å². The van der Waals surface area contributed by atoms with Gasteiger partial charge in [-0.25, -0.2) is 0 Å². The summed E-state index contributed by atoms with van der Waals surface area (Å²) in [5, 5.41) is 20.5. The fraction of sp³-hybridized carbons (Fsp3) is 0.0625. The number of amides is 1. The number of hydrogen-bond donors (Lipinski definition) is 3. The number of nitro benzene ring substituents is 1. The van der Waals surface area contributed by atoms with Crippen molar-refractivity contribution in [1.29, 1.82) is 0 Å². The smallest absolute Gasteiger partial charge is 0.276 e. The lowest BCUT2D eigenvalue weighted by Gasteiger charge is -2.07. The van der Waals surface area contributed by atoms with Crippen LogP contribution in [0.5, 0.6) is 0 Å². The summed E-state index contributed by atoms with van der Waals surface area (Å²) >= 11 is 5.11. The first-order valence-corrected chi connectivity index (χ1v) is 7.66. The fourth-order valence-corrected chi connectivity index (χ4v) is 2.50. The number of aryl methyl sites for hydroxylation is 1. The number of hydrazone groups is 1. The maximum Gasteiger partial charge on any atom is 0.276 e. The highest BCUT2D eigenvalue weighted by Crippen LogP contribution is 2.24. The van der Waals surface area contributed by atoms with Crippen LogP contribution >= 0.6 is 12.2 Å². The molecule has 25 heavy (non-hydrogen) atoms. The summed E-state index contributed by atoms with van der Waals surface area (Å²) in [6.45, 7) is 1.92. The first-order chi connectivity index (χ1) is 11.9. The van der Waals surface area contributed by atoms with Crippen LogP contribution in [0.2, 0.25) is 0 Å². The third-order valence-corrected chi connectivity index (χ3v) is 3.67. The molecule has 1 heterocycles. The molecule has 0 spiro atoms. The van der Waals surface area contributed by atoms with Gasteiger partial charge in [-0.1, -0.05) is 17.7 Å². The SMILES string of the molecule is Cc1ccc2c(c1)/C(=N/NC(=S)Nc1cccc([N+](=O)[O-])c1)C(=O)N2. The average molecular weight is 355 g/mol. The number of benzene rings is 2. The lowest BCUT2D eigenvalue weighted by atomic mass is 10.1. The molecule has 0 aromatic heterocycles. The van der Waals surface area contributed by atoms with Crippen molar-refractivity contribution in [3.8, 4) is 0 Å². The first-order valence-electron chi connectivity index (χ1n) is 7.25. The van der Waals surface area contributed by atoms with Gasteiger partial charge in [0.15, 0.2) is 10.8 Å². The van der Waals surface area contributed by atoms with Crippen LogP contribution in [0.3, 0.4) is 0 Å². The van der Waals surface area contributed by atoms with Crippen molar-refractivity contribution in [3.63, 3.8) is 0 Å². The highest BCUT2D eigenvalue weighted by molar-refractivity contribution is 7.80. The molecule has 1 aliphatic rings. The molecule has 0 fully saturated rings. The minimum absolute atomic E-state index is 0.0568. The number of nitro groups is 1. The van der Waals surface area contributed by atoms with Gasteiger partial charge in [-0.05, 0) is 37.3 Å². The van der Waals surface area contributed by atoms with Gasteiger partial charge < -0.3 is 10.6 Å². The molecule has 2 aromatic rings. The number of anilines is 2. The molecule has 8 nitrogen and oxygen atoms in total. The first kappa shape index (κ1) is 16.5. The second-order valence-corrected chi connectivity index (χ2v) is 5.75. The van der Waals surface area contributed by atoms with E-state index in [0.29, 0.717) is 16.9 Å². The van der Waals surface area contributed by atoms with Gasteiger partial charge in [0.05, 0.1) is 10.6 Å². The molecule has 3 rings (SSSR count). The number of hydrogen-bond acceptors (Lipinski definition) is 5. The van der Waals surface area contributed by atoms with Gasteiger partial charge in [0, 0.05) is 23.4 Å². The largest absolute Gasteiger partial charge is 0.331 e. The molecule has 0 radical (unpaired) electrons. The minimum atomic E-state index is -0.496. The molecular formula is C16H13N5O3S. The van der Waals surface area contributed by atoms with Crippen molar-refractivity contribution in [2.75, 3.05) is 10.6 Å². The Balaban J connectivity index is 1.73. The molecule has 9 heteroatoms. The molecule has 0 atom stereocenters. The van der Waals surface area contributed by atoms with E-state index in [4.69, 9.17) is 12.2 Å². The van der Waals surface area contributed by atoms with Gasteiger partial charge in [0.2, 0.25) is 0 Å². The Morgan fingerprint density at radius 2 is 2.08 bits per heavy atom. The van der Waals surface area contributed by atoms with Crippen LogP contribution in [0.1, 0.15) is 11.1 Å². The summed E-state index contributed by atoms with van der Waals surface area (Å²) in [6.07, 6.45) is 0. The molecule has 0 unspecified atom stereocenters. The normalized spacial score (nSPS) is 14.0. The number of fused-ring (bicyclic) bond motifs is 1. The molecule has 0 bridgehead atoms. The zero-order chi connectivity index (χ0) is 18.0. The standard InChI is InChI=1S/C16H13N5O3S/c1-9-5-6-13-12(7-9)14(15(22)18-13)19-20-16(25)17-10-3-2-4-11(8-10)21(23)24/h2-8H,1H3,(H2,17,20,25)(H,18,19,22). The number of rotatable bonds is 3. The number of carbonyl (C=O) groups is 1. The third kappa shape index (κ3) is 3.61. The van der Waals surface area contributed by atoms with Crippen LogP contribution in [-0.2, 0) is 4.79 Å². The topological polar surface area (TPSA) is 109 Å². The summed E-state index contributed by atoms with van der Waals surface area (Å²) in [7, 11) is 0. The van der Waals surface area contributed by atoms with E-state index in [2.05, 4.69) is 21.2 Å². The summed E-state index contributed by atoms with van der Waals surface area (Å²) in [6, 6.07) is 11.5. The molecule has 0 aliphatic carbocycles. The molecule has 3 N–H and O–H groups in total. The van der Waals surface area contributed by atoms with Crippen molar-refractivity contribution in [1.82, 2.24) is 5.43 Å². The molecular weight excluding hydrogens is 342 g/mol. The number of nitrogens with one attached hydrogen (secondary N) is 3. The Morgan fingerprint density at radius 1 is 1.28 bits per heavy atom. The number of non-ortho nitro benzene ring substituents is 1. The highest BCUT2D eigenvalue weighted by Gasteiger charge is 2.26. The molecule has 0 saturated heterocycles. The Morgan fingerprint density at radius 3 is 2.84 bits per heavy atom. The van der Waals surface area contributed by atoms with Crippen molar-refractivity contribution in [2.45, 2.75) is 6.92 Å². The predicted molar refractivity (Wildman–Crippen MR) is 98.8 cm³/mol.